The molecule has 0 aromatic heterocycles. The molecule has 56 valence electrons. The van der Waals surface area contributed by atoms with Crippen molar-refractivity contribution in [3.8, 4) is 0 Å². The molecule has 3 N–H and O–H groups in total. The fourth-order valence-corrected chi connectivity index (χ4v) is 0.798. The van der Waals surface area contributed by atoms with Gasteiger partial charge in [0.1, 0.15) is 12.1 Å². The lowest BCUT2D eigenvalue weighted by atomic mass is 9.98. The highest BCUT2D eigenvalue weighted by atomic mass is 16.4. The van der Waals surface area contributed by atoms with Crippen molar-refractivity contribution in [2.45, 2.75) is 18.5 Å². The second kappa shape index (κ2) is 2.26. The minimum Gasteiger partial charge on any atom is -0.480 e. The molecule has 0 spiro atoms. The number of nitrogens with one attached hydrogen (secondary N) is 1. The predicted molar refractivity (Wildman–Crippen MR) is 30.6 cm³/mol. The first-order valence-corrected chi connectivity index (χ1v) is 2.83. The van der Waals surface area contributed by atoms with Gasteiger partial charge < -0.3 is 10.2 Å². The molecule has 1 heterocycles. The monoisotopic (exact) mass is 145 g/mol. The van der Waals surface area contributed by atoms with Crippen molar-refractivity contribution < 1.29 is 19.8 Å². The summed E-state index contributed by atoms with van der Waals surface area (Å²) in [7, 11) is 0. The Bertz CT molecular complexity index is 154. The lowest BCUT2D eigenvalue weighted by Crippen LogP contribution is -2.59. The van der Waals surface area contributed by atoms with Gasteiger partial charge in [-0.25, -0.2) is 0 Å². The fourth-order valence-electron chi connectivity index (χ4n) is 0.798. The molecule has 0 aliphatic carbocycles. The van der Waals surface area contributed by atoms with Crippen molar-refractivity contribution in [1.29, 1.82) is 0 Å². The molecule has 5 nitrogen and oxygen atoms in total. The summed E-state index contributed by atoms with van der Waals surface area (Å²) in [6.07, 6.45) is 0.185. The average Bonchev–Trinajstić information content (AvgIpc) is 1.56. The van der Waals surface area contributed by atoms with E-state index in [1.165, 1.54) is 0 Å². The van der Waals surface area contributed by atoms with Gasteiger partial charge in [0.05, 0.1) is 0 Å². The first-order chi connectivity index (χ1) is 4.61. The Hall–Kier alpha value is -1.10. The highest BCUT2D eigenvalue weighted by Gasteiger charge is 2.37. The van der Waals surface area contributed by atoms with Crippen LogP contribution in [-0.4, -0.2) is 34.2 Å². The van der Waals surface area contributed by atoms with Crippen molar-refractivity contribution in [2.75, 3.05) is 0 Å². The van der Waals surface area contributed by atoms with Gasteiger partial charge in [0.25, 0.3) is 0 Å². The van der Waals surface area contributed by atoms with Crippen molar-refractivity contribution in [3.05, 3.63) is 0 Å². The summed E-state index contributed by atoms with van der Waals surface area (Å²) < 4.78 is 0. The second-order valence-corrected chi connectivity index (χ2v) is 2.18. The molecule has 1 fully saturated rings. The minimum atomic E-state index is -0.988. The number of hydrogen-bond donors (Lipinski definition) is 3. The van der Waals surface area contributed by atoms with Gasteiger partial charge >= 0.3 is 11.9 Å². The van der Waals surface area contributed by atoms with Crippen molar-refractivity contribution in [3.63, 3.8) is 0 Å². The van der Waals surface area contributed by atoms with E-state index in [1.54, 1.807) is 0 Å². The number of carboxylic acids is 2. The van der Waals surface area contributed by atoms with Crippen molar-refractivity contribution >= 4 is 11.9 Å². The SMILES string of the molecule is O=C(O)C1C[C@H](C(=O)O)N1. The van der Waals surface area contributed by atoms with E-state index in [1.807, 2.05) is 0 Å². The van der Waals surface area contributed by atoms with Gasteiger partial charge in [-0.15, -0.1) is 0 Å². The van der Waals surface area contributed by atoms with Gasteiger partial charge in [-0.05, 0) is 6.42 Å². The Morgan fingerprint density at radius 1 is 1.20 bits per heavy atom. The van der Waals surface area contributed by atoms with E-state index < -0.39 is 24.0 Å². The summed E-state index contributed by atoms with van der Waals surface area (Å²) in [5.74, 6) is -1.98. The molecule has 1 aliphatic heterocycles. The zero-order valence-electron chi connectivity index (χ0n) is 5.07. The fraction of sp³-hybridized carbons (Fsp3) is 0.600. The zero-order chi connectivity index (χ0) is 7.72. The van der Waals surface area contributed by atoms with Crippen molar-refractivity contribution in [2.24, 2.45) is 0 Å². The number of hydrogen-bond acceptors (Lipinski definition) is 3. The first-order valence-electron chi connectivity index (χ1n) is 2.83. The topological polar surface area (TPSA) is 86.6 Å². The quantitative estimate of drug-likeness (QED) is 0.458. The van der Waals surface area contributed by atoms with Crippen LogP contribution in [0.3, 0.4) is 0 Å². The maximum absolute atomic E-state index is 10.1. The Kier molecular flexibility index (Phi) is 1.58. The van der Waals surface area contributed by atoms with Crippen LogP contribution in [0.5, 0.6) is 0 Å². The Morgan fingerprint density at radius 3 is 1.70 bits per heavy atom. The zero-order valence-corrected chi connectivity index (χ0v) is 5.07. The molecule has 1 rings (SSSR count). The normalized spacial score (nSPS) is 30.8. The molecular formula is C5H7NO4. The summed E-state index contributed by atoms with van der Waals surface area (Å²) in [6.45, 7) is 0. The van der Waals surface area contributed by atoms with Crippen LogP contribution in [0.1, 0.15) is 6.42 Å². The summed E-state index contributed by atoms with van der Waals surface area (Å²) in [5, 5.41) is 18.9. The van der Waals surface area contributed by atoms with E-state index in [2.05, 4.69) is 5.32 Å². The third-order valence-electron chi connectivity index (χ3n) is 1.47. The average molecular weight is 145 g/mol. The lowest BCUT2D eigenvalue weighted by Gasteiger charge is -2.30. The minimum absolute atomic E-state index is 0.185. The van der Waals surface area contributed by atoms with E-state index in [0.717, 1.165) is 0 Å². The summed E-state index contributed by atoms with van der Waals surface area (Å²) in [4.78, 5) is 20.2. The number of carbonyl (C=O) groups is 2. The van der Waals surface area contributed by atoms with Crippen molar-refractivity contribution in [1.82, 2.24) is 5.32 Å². The molecular weight excluding hydrogens is 138 g/mol. The smallest absolute Gasteiger partial charge is 0.320 e. The van der Waals surface area contributed by atoms with E-state index in [-0.39, 0.29) is 6.42 Å². The van der Waals surface area contributed by atoms with Crippen LogP contribution in [0.15, 0.2) is 0 Å². The molecule has 1 saturated heterocycles. The van der Waals surface area contributed by atoms with Crippen LogP contribution in [0.4, 0.5) is 0 Å². The number of rotatable bonds is 2. The van der Waals surface area contributed by atoms with Crippen LogP contribution in [0, 0.1) is 0 Å². The maximum Gasteiger partial charge on any atom is 0.320 e. The molecule has 5 heteroatoms. The summed E-state index contributed by atoms with van der Waals surface area (Å²) in [5.41, 5.74) is 0. The lowest BCUT2D eigenvalue weighted by molar-refractivity contribution is -0.148. The summed E-state index contributed by atoms with van der Waals surface area (Å²) in [6, 6.07) is -1.33. The number of carboxylic acid groups (broad SMARTS) is 2. The van der Waals surface area contributed by atoms with Crippen LogP contribution in [0.25, 0.3) is 0 Å². The highest BCUT2D eigenvalue weighted by Crippen LogP contribution is 2.11. The third kappa shape index (κ3) is 1.08. The molecule has 0 aromatic rings. The van der Waals surface area contributed by atoms with Gasteiger partial charge in [0, 0.05) is 0 Å². The molecule has 0 saturated carbocycles. The molecule has 1 unspecified atom stereocenters. The molecule has 0 amide bonds. The molecule has 0 aromatic carbocycles. The van der Waals surface area contributed by atoms with E-state index in [4.69, 9.17) is 10.2 Å². The van der Waals surface area contributed by atoms with Crippen LogP contribution >= 0.6 is 0 Å². The molecule has 2 atom stereocenters. The van der Waals surface area contributed by atoms with Crippen LogP contribution < -0.4 is 5.32 Å². The first kappa shape index (κ1) is 7.01. The molecule has 0 bridgehead atoms. The van der Waals surface area contributed by atoms with Crippen LogP contribution in [0.2, 0.25) is 0 Å². The van der Waals surface area contributed by atoms with E-state index >= 15 is 0 Å². The Morgan fingerprint density at radius 2 is 1.50 bits per heavy atom. The van der Waals surface area contributed by atoms with Gasteiger partial charge in [-0.2, -0.15) is 0 Å². The second-order valence-electron chi connectivity index (χ2n) is 2.18. The standard InChI is InChI=1S/C5H7NO4/c7-4(8)2-1-3(6-2)5(9)10/h2-3,6H,1H2,(H,7,8)(H,9,10)/t2-,3?/m1/s1. The molecule has 10 heavy (non-hydrogen) atoms. The van der Waals surface area contributed by atoms with E-state index in [0.29, 0.717) is 0 Å². The molecule has 0 radical (unpaired) electrons. The van der Waals surface area contributed by atoms with Crippen LogP contribution in [-0.2, 0) is 9.59 Å². The van der Waals surface area contributed by atoms with Gasteiger partial charge in [0.2, 0.25) is 0 Å². The summed E-state index contributed by atoms with van der Waals surface area (Å²) >= 11 is 0. The van der Waals surface area contributed by atoms with E-state index in [9.17, 15) is 9.59 Å². The Balaban J connectivity index is 2.31. The maximum atomic E-state index is 10.1. The Labute approximate surface area is 56.7 Å². The van der Waals surface area contributed by atoms with Gasteiger partial charge in [-0.1, -0.05) is 0 Å². The van der Waals surface area contributed by atoms with Gasteiger partial charge in [-0.3, -0.25) is 14.9 Å². The third-order valence-corrected chi connectivity index (χ3v) is 1.47. The number of aliphatic carboxylic acids is 2. The predicted octanol–water partition coefficient (Wildman–Crippen LogP) is -1.11. The van der Waals surface area contributed by atoms with Gasteiger partial charge in [0.15, 0.2) is 0 Å². The highest BCUT2D eigenvalue weighted by molar-refractivity contribution is 5.82. The molecule has 1 aliphatic rings. The largest absolute Gasteiger partial charge is 0.480 e.